The van der Waals surface area contributed by atoms with Gasteiger partial charge in [0.15, 0.2) is 0 Å². The zero-order valence-electron chi connectivity index (χ0n) is 12.0. The molecule has 2 rings (SSSR count). The van der Waals surface area contributed by atoms with E-state index in [-0.39, 0.29) is 5.41 Å². The number of aryl methyl sites for hydroxylation is 1. The molecule has 1 saturated heterocycles. The minimum atomic E-state index is 0.202. The smallest absolute Gasteiger partial charge is 0.0537 e. The van der Waals surface area contributed by atoms with Crippen LogP contribution in [0.15, 0.2) is 18.2 Å². The molecule has 106 valence electrons. The predicted molar refractivity (Wildman–Crippen MR) is 80.9 cm³/mol. The zero-order chi connectivity index (χ0) is 13.7. The Labute approximate surface area is 121 Å². The molecule has 1 fully saturated rings. The first-order valence-corrected chi connectivity index (χ1v) is 7.56. The Hall–Kier alpha value is -0.570. The van der Waals surface area contributed by atoms with Crippen LogP contribution in [-0.2, 0) is 11.2 Å². The molecule has 0 amide bonds. The number of hydrogen-bond donors (Lipinski definition) is 1. The van der Waals surface area contributed by atoms with Crippen LogP contribution in [0.3, 0.4) is 0 Å². The lowest BCUT2D eigenvalue weighted by molar-refractivity contribution is -0.00689. The number of hydrogen-bond acceptors (Lipinski definition) is 2. The molecule has 1 N–H and O–H groups in total. The first-order chi connectivity index (χ1) is 9.15. The lowest BCUT2D eigenvalue weighted by Crippen LogP contribution is -2.42. The maximum atomic E-state index is 6.38. The van der Waals surface area contributed by atoms with Gasteiger partial charge in [0.05, 0.1) is 6.61 Å². The molecule has 0 saturated carbocycles. The quantitative estimate of drug-likeness (QED) is 0.890. The van der Waals surface area contributed by atoms with Crippen molar-refractivity contribution < 1.29 is 4.74 Å². The summed E-state index contributed by atoms with van der Waals surface area (Å²) in [5.74, 6) is 0. The molecule has 19 heavy (non-hydrogen) atoms. The summed E-state index contributed by atoms with van der Waals surface area (Å²) in [6.07, 6.45) is 3.36. The molecule has 1 aromatic rings. The van der Waals surface area contributed by atoms with Gasteiger partial charge in [-0.2, -0.15) is 0 Å². The van der Waals surface area contributed by atoms with E-state index in [9.17, 15) is 0 Å². The highest BCUT2D eigenvalue weighted by Crippen LogP contribution is 2.34. The van der Waals surface area contributed by atoms with Crippen LogP contribution in [0, 0.1) is 12.3 Å². The summed E-state index contributed by atoms with van der Waals surface area (Å²) in [4.78, 5) is 0. The van der Waals surface area contributed by atoms with Gasteiger partial charge in [-0.1, -0.05) is 30.7 Å². The average Bonchev–Trinajstić information content (AvgIpc) is 2.41. The first kappa shape index (κ1) is 14.8. The van der Waals surface area contributed by atoms with E-state index in [1.165, 1.54) is 17.5 Å². The summed E-state index contributed by atoms with van der Waals surface area (Å²) in [7, 11) is 0. The van der Waals surface area contributed by atoms with Crippen molar-refractivity contribution in [3.63, 3.8) is 0 Å². The van der Waals surface area contributed by atoms with Crippen LogP contribution in [-0.4, -0.2) is 26.3 Å². The highest BCUT2D eigenvalue weighted by atomic mass is 35.5. The molecule has 1 atom stereocenters. The summed E-state index contributed by atoms with van der Waals surface area (Å²) < 4.78 is 5.74. The molecule has 0 bridgehead atoms. The number of benzene rings is 1. The van der Waals surface area contributed by atoms with E-state index in [2.05, 4.69) is 37.4 Å². The molecule has 1 unspecified atom stereocenters. The molecule has 1 heterocycles. The predicted octanol–water partition coefficient (Wildman–Crippen LogP) is 3.60. The van der Waals surface area contributed by atoms with E-state index in [0.29, 0.717) is 0 Å². The Kier molecular flexibility index (Phi) is 5.26. The third-order valence-electron chi connectivity index (χ3n) is 3.93. The highest BCUT2D eigenvalue weighted by Gasteiger charge is 2.33. The van der Waals surface area contributed by atoms with Crippen molar-refractivity contribution in [2.24, 2.45) is 5.41 Å². The summed E-state index contributed by atoms with van der Waals surface area (Å²) in [5, 5.41) is 4.38. The van der Waals surface area contributed by atoms with Crippen molar-refractivity contribution >= 4 is 11.6 Å². The fraction of sp³-hybridized carbons (Fsp3) is 0.625. The van der Waals surface area contributed by atoms with E-state index in [4.69, 9.17) is 16.3 Å². The van der Waals surface area contributed by atoms with Gasteiger partial charge in [0.25, 0.3) is 0 Å². The van der Waals surface area contributed by atoms with Crippen molar-refractivity contribution in [3.8, 4) is 0 Å². The average molecular weight is 282 g/mol. The van der Waals surface area contributed by atoms with Crippen molar-refractivity contribution in [3.05, 3.63) is 34.3 Å². The number of nitrogens with one attached hydrogen (secondary N) is 1. The van der Waals surface area contributed by atoms with Crippen LogP contribution in [0.4, 0.5) is 0 Å². The summed E-state index contributed by atoms with van der Waals surface area (Å²) >= 11 is 6.38. The normalized spacial score (nSPS) is 23.5. The van der Waals surface area contributed by atoms with Gasteiger partial charge in [-0.25, -0.2) is 0 Å². The fourth-order valence-electron chi connectivity index (χ4n) is 2.84. The Balaban J connectivity index is 2.14. The zero-order valence-corrected chi connectivity index (χ0v) is 12.7. The maximum Gasteiger partial charge on any atom is 0.0537 e. The van der Waals surface area contributed by atoms with Crippen LogP contribution in [0.2, 0.25) is 5.02 Å². The molecule has 0 radical (unpaired) electrons. The van der Waals surface area contributed by atoms with Gasteiger partial charge in [-0.05, 0) is 49.9 Å². The standard InChI is InChI=1S/C16H24ClNO/c1-3-18-11-16(7-4-8-19-12-16)10-14-6-5-13(2)9-15(14)17/h5-6,9,18H,3-4,7-8,10-12H2,1-2H3. The molecule has 1 aliphatic rings. The van der Waals surface area contributed by atoms with Crippen molar-refractivity contribution in [1.29, 1.82) is 0 Å². The topological polar surface area (TPSA) is 21.3 Å². The van der Waals surface area contributed by atoms with Crippen molar-refractivity contribution in [1.82, 2.24) is 5.32 Å². The molecule has 3 heteroatoms. The molecular weight excluding hydrogens is 258 g/mol. The van der Waals surface area contributed by atoms with Crippen LogP contribution >= 0.6 is 11.6 Å². The third-order valence-corrected chi connectivity index (χ3v) is 4.28. The van der Waals surface area contributed by atoms with Gasteiger partial charge in [0.1, 0.15) is 0 Å². The van der Waals surface area contributed by atoms with Crippen LogP contribution < -0.4 is 5.32 Å². The van der Waals surface area contributed by atoms with Crippen LogP contribution in [0.5, 0.6) is 0 Å². The van der Waals surface area contributed by atoms with Crippen LogP contribution in [0.1, 0.15) is 30.9 Å². The summed E-state index contributed by atoms with van der Waals surface area (Å²) in [6.45, 7) is 7.97. The lowest BCUT2D eigenvalue weighted by Gasteiger charge is -2.37. The number of halogens is 1. The van der Waals surface area contributed by atoms with Gasteiger partial charge < -0.3 is 10.1 Å². The number of rotatable bonds is 5. The lowest BCUT2D eigenvalue weighted by atomic mass is 9.77. The van der Waals surface area contributed by atoms with E-state index in [1.54, 1.807) is 0 Å². The minimum absolute atomic E-state index is 0.202. The Morgan fingerprint density at radius 1 is 1.42 bits per heavy atom. The Bertz CT molecular complexity index is 413. The second kappa shape index (κ2) is 6.74. The van der Waals surface area contributed by atoms with Gasteiger partial charge in [0, 0.05) is 23.6 Å². The molecule has 0 spiro atoms. The van der Waals surface area contributed by atoms with E-state index in [1.807, 2.05) is 0 Å². The molecule has 0 aliphatic carbocycles. The maximum absolute atomic E-state index is 6.38. The summed E-state index contributed by atoms with van der Waals surface area (Å²) in [5.41, 5.74) is 2.66. The van der Waals surface area contributed by atoms with Crippen molar-refractivity contribution in [2.45, 2.75) is 33.1 Å². The second-order valence-electron chi connectivity index (χ2n) is 5.71. The van der Waals surface area contributed by atoms with Gasteiger partial charge >= 0.3 is 0 Å². The molecule has 1 aromatic carbocycles. The van der Waals surface area contributed by atoms with Crippen LogP contribution in [0.25, 0.3) is 0 Å². The van der Waals surface area contributed by atoms with Gasteiger partial charge in [0.2, 0.25) is 0 Å². The molecule has 2 nitrogen and oxygen atoms in total. The van der Waals surface area contributed by atoms with Gasteiger partial charge in [-0.3, -0.25) is 0 Å². The summed E-state index contributed by atoms with van der Waals surface area (Å²) in [6, 6.07) is 6.37. The minimum Gasteiger partial charge on any atom is -0.381 e. The van der Waals surface area contributed by atoms with Gasteiger partial charge in [-0.15, -0.1) is 0 Å². The first-order valence-electron chi connectivity index (χ1n) is 7.19. The third kappa shape index (κ3) is 3.95. The molecule has 0 aromatic heterocycles. The Morgan fingerprint density at radius 3 is 2.89 bits per heavy atom. The van der Waals surface area contributed by atoms with E-state index < -0.39 is 0 Å². The molecular formula is C16H24ClNO. The van der Waals surface area contributed by atoms with E-state index >= 15 is 0 Å². The highest BCUT2D eigenvalue weighted by molar-refractivity contribution is 6.31. The monoisotopic (exact) mass is 281 g/mol. The molecule has 1 aliphatic heterocycles. The van der Waals surface area contributed by atoms with E-state index in [0.717, 1.165) is 44.2 Å². The second-order valence-corrected chi connectivity index (χ2v) is 6.12. The fourth-order valence-corrected chi connectivity index (χ4v) is 3.14. The number of ether oxygens (including phenoxy) is 1. The van der Waals surface area contributed by atoms with Crippen molar-refractivity contribution in [2.75, 3.05) is 26.3 Å². The SMILES string of the molecule is CCNCC1(Cc2ccc(C)cc2Cl)CCCOC1. The largest absolute Gasteiger partial charge is 0.381 e. The Morgan fingerprint density at radius 2 is 2.26 bits per heavy atom.